The first kappa shape index (κ1) is 22.1. The van der Waals surface area contributed by atoms with Crippen LogP contribution in [0.15, 0.2) is 36.4 Å². The van der Waals surface area contributed by atoms with Crippen molar-refractivity contribution in [2.75, 3.05) is 31.5 Å². The van der Waals surface area contributed by atoms with Crippen LogP contribution in [0.3, 0.4) is 0 Å². The summed E-state index contributed by atoms with van der Waals surface area (Å²) in [5.41, 5.74) is 1.29. The fourth-order valence-corrected chi connectivity index (χ4v) is 3.34. The molecule has 0 atom stereocenters. The van der Waals surface area contributed by atoms with E-state index in [4.69, 9.17) is 11.6 Å². The average molecular weight is 431 g/mol. The third-order valence-corrected chi connectivity index (χ3v) is 5.12. The van der Waals surface area contributed by atoms with Crippen molar-refractivity contribution in [2.24, 2.45) is 0 Å². The van der Waals surface area contributed by atoms with Crippen molar-refractivity contribution in [1.29, 1.82) is 0 Å². The lowest BCUT2D eigenvalue weighted by molar-refractivity contribution is 0.303. The summed E-state index contributed by atoms with van der Waals surface area (Å²) in [7, 11) is 0. The largest absolute Gasteiger partial charge is 0.369 e. The minimum absolute atomic E-state index is 0.473. The third kappa shape index (κ3) is 5.74. The highest BCUT2D eigenvalue weighted by Gasteiger charge is 2.08. The fourth-order valence-electron chi connectivity index (χ4n) is 3.16. The number of nitrogens with zero attached hydrogens (tertiary/aromatic N) is 3. The number of benzene rings is 2. The van der Waals surface area contributed by atoms with Crippen LogP contribution in [0.4, 0.5) is 14.6 Å². The van der Waals surface area contributed by atoms with Gasteiger partial charge < -0.3 is 10.2 Å². The first-order valence-electron chi connectivity index (χ1n) is 10.1. The van der Waals surface area contributed by atoms with E-state index in [0.29, 0.717) is 22.2 Å². The smallest absolute Gasteiger partial charge is 0.159 e. The molecule has 30 heavy (non-hydrogen) atoms. The summed E-state index contributed by atoms with van der Waals surface area (Å²) in [4.78, 5) is 11.5. The standard InChI is InChI=1S/C23H25ClF2N4/c1-3-30(4-2)13-5-12-27-23-18-15-17(24)8-10-21(18)28-22(29-23)11-7-16-6-9-19(25)20(26)14-16/h6-11,14-15H,3-5,12-13H2,1-2H3,(H,27,28,29)/b11-7+. The Morgan fingerprint density at radius 2 is 1.80 bits per heavy atom. The molecule has 1 N–H and O–H groups in total. The van der Waals surface area contributed by atoms with Gasteiger partial charge in [0.25, 0.3) is 0 Å². The molecular weight excluding hydrogens is 406 g/mol. The topological polar surface area (TPSA) is 41.0 Å². The summed E-state index contributed by atoms with van der Waals surface area (Å²) in [5, 5.41) is 4.85. The van der Waals surface area contributed by atoms with Gasteiger partial charge in [-0.05, 0) is 68.0 Å². The van der Waals surface area contributed by atoms with Crippen LogP contribution in [0.5, 0.6) is 0 Å². The van der Waals surface area contributed by atoms with Crippen LogP contribution in [0.2, 0.25) is 5.02 Å². The number of aromatic nitrogens is 2. The number of rotatable bonds is 9. The van der Waals surface area contributed by atoms with Gasteiger partial charge in [0.2, 0.25) is 0 Å². The van der Waals surface area contributed by atoms with E-state index in [-0.39, 0.29) is 0 Å². The Morgan fingerprint density at radius 1 is 1.00 bits per heavy atom. The van der Waals surface area contributed by atoms with Gasteiger partial charge in [0.1, 0.15) is 5.82 Å². The molecule has 0 fully saturated rings. The SMILES string of the molecule is CCN(CC)CCCNc1nc(/C=C/c2ccc(F)c(F)c2)nc2ccc(Cl)cc12. The lowest BCUT2D eigenvalue weighted by atomic mass is 10.2. The summed E-state index contributed by atoms with van der Waals surface area (Å²) in [6.07, 6.45) is 4.32. The fraction of sp³-hybridized carbons (Fsp3) is 0.304. The van der Waals surface area contributed by atoms with E-state index in [1.54, 1.807) is 18.2 Å². The van der Waals surface area contributed by atoms with Crippen molar-refractivity contribution < 1.29 is 8.78 Å². The van der Waals surface area contributed by atoms with Crippen LogP contribution in [-0.4, -0.2) is 41.0 Å². The quantitative estimate of drug-likeness (QED) is 0.430. The van der Waals surface area contributed by atoms with E-state index < -0.39 is 11.6 Å². The lowest BCUT2D eigenvalue weighted by Gasteiger charge is -2.18. The summed E-state index contributed by atoms with van der Waals surface area (Å²) < 4.78 is 26.5. The Labute approximate surface area is 180 Å². The van der Waals surface area contributed by atoms with Crippen LogP contribution in [-0.2, 0) is 0 Å². The molecular formula is C23H25ClF2N4. The number of anilines is 1. The Bertz CT molecular complexity index is 1040. The molecule has 158 valence electrons. The molecule has 0 saturated heterocycles. The number of nitrogens with one attached hydrogen (secondary N) is 1. The summed E-state index contributed by atoms with van der Waals surface area (Å²) >= 11 is 6.17. The molecule has 0 amide bonds. The minimum Gasteiger partial charge on any atom is -0.369 e. The van der Waals surface area contributed by atoms with Gasteiger partial charge in [-0.15, -0.1) is 0 Å². The zero-order valence-electron chi connectivity index (χ0n) is 17.1. The van der Waals surface area contributed by atoms with E-state index in [0.717, 1.165) is 55.6 Å². The highest BCUT2D eigenvalue weighted by molar-refractivity contribution is 6.31. The van der Waals surface area contributed by atoms with Gasteiger partial charge in [0.15, 0.2) is 17.5 Å². The minimum atomic E-state index is -0.887. The van der Waals surface area contributed by atoms with Crippen molar-refractivity contribution in [3.8, 4) is 0 Å². The number of hydrogen-bond donors (Lipinski definition) is 1. The van der Waals surface area contributed by atoms with Crippen LogP contribution >= 0.6 is 11.6 Å². The summed E-state index contributed by atoms with van der Waals surface area (Å²) in [6, 6.07) is 9.20. The molecule has 0 aliphatic heterocycles. The normalized spacial score (nSPS) is 11.7. The van der Waals surface area contributed by atoms with Crippen molar-refractivity contribution >= 4 is 40.5 Å². The van der Waals surface area contributed by atoms with Crippen molar-refractivity contribution in [1.82, 2.24) is 14.9 Å². The Hall–Kier alpha value is -2.57. The van der Waals surface area contributed by atoms with Crippen LogP contribution in [0, 0.1) is 11.6 Å². The number of halogens is 3. The van der Waals surface area contributed by atoms with Gasteiger partial charge in [-0.3, -0.25) is 0 Å². The predicted molar refractivity (Wildman–Crippen MR) is 121 cm³/mol. The Morgan fingerprint density at radius 3 is 2.53 bits per heavy atom. The molecule has 0 bridgehead atoms. The first-order valence-corrected chi connectivity index (χ1v) is 10.4. The predicted octanol–water partition coefficient (Wildman–Crippen LogP) is 5.88. The molecule has 1 aromatic heterocycles. The van der Waals surface area contributed by atoms with Gasteiger partial charge in [-0.25, -0.2) is 18.7 Å². The highest BCUT2D eigenvalue weighted by Crippen LogP contribution is 2.25. The zero-order valence-corrected chi connectivity index (χ0v) is 17.9. The lowest BCUT2D eigenvalue weighted by Crippen LogP contribution is -2.25. The maximum atomic E-state index is 13.4. The van der Waals surface area contributed by atoms with E-state index in [1.165, 1.54) is 6.07 Å². The second kappa shape index (κ2) is 10.5. The molecule has 0 unspecified atom stereocenters. The van der Waals surface area contributed by atoms with Crippen LogP contribution < -0.4 is 5.32 Å². The third-order valence-electron chi connectivity index (χ3n) is 4.88. The van der Waals surface area contributed by atoms with Gasteiger partial charge in [0.05, 0.1) is 5.52 Å². The van der Waals surface area contributed by atoms with Crippen LogP contribution in [0.25, 0.3) is 23.1 Å². The van der Waals surface area contributed by atoms with E-state index in [9.17, 15) is 8.78 Å². The maximum absolute atomic E-state index is 13.4. The second-order valence-electron chi connectivity index (χ2n) is 6.91. The molecule has 3 rings (SSSR count). The average Bonchev–Trinajstić information content (AvgIpc) is 2.75. The molecule has 0 radical (unpaired) electrons. The Balaban J connectivity index is 1.82. The monoisotopic (exact) mass is 430 g/mol. The molecule has 0 saturated carbocycles. The number of hydrogen-bond acceptors (Lipinski definition) is 4. The van der Waals surface area contributed by atoms with Crippen molar-refractivity contribution in [3.63, 3.8) is 0 Å². The molecule has 2 aromatic carbocycles. The molecule has 0 spiro atoms. The van der Waals surface area contributed by atoms with E-state index in [2.05, 4.69) is 34.0 Å². The van der Waals surface area contributed by atoms with Crippen molar-refractivity contribution in [3.05, 3.63) is 64.4 Å². The zero-order chi connectivity index (χ0) is 21.5. The van der Waals surface area contributed by atoms with E-state index in [1.807, 2.05) is 12.1 Å². The van der Waals surface area contributed by atoms with E-state index >= 15 is 0 Å². The molecule has 4 nitrogen and oxygen atoms in total. The molecule has 1 heterocycles. The molecule has 3 aromatic rings. The highest BCUT2D eigenvalue weighted by atomic mass is 35.5. The Kier molecular flexibility index (Phi) is 7.71. The summed E-state index contributed by atoms with van der Waals surface area (Å²) in [6.45, 7) is 8.14. The van der Waals surface area contributed by atoms with Gasteiger partial charge in [0, 0.05) is 17.0 Å². The molecule has 0 aliphatic carbocycles. The van der Waals surface area contributed by atoms with Gasteiger partial charge in [-0.2, -0.15) is 0 Å². The van der Waals surface area contributed by atoms with Gasteiger partial charge in [-0.1, -0.05) is 37.6 Å². The second-order valence-corrected chi connectivity index (χ2v) is 7.34. The molecule has 0 aliphatic rings. The van der Waals surface area contributed by atoms with Crippen molar-refractivity contribution in [2.45, 2.75) is 20.3 Å². The molecule has 7 heteroatoms. The maximum Gasteiger partial charge on any atom is 0.159 e. The van der Waals surface area contributed by atoms with Crippen LogP contribution in [0.1, 0.15) is 31.7 Å². The first-order chi connectivity index (χ1) is 14.5. The van der Waals surface area contributed by atoms with Gasteiger partial charge >= 0.3 is 0 Å². The number of fused-ring (bicyclic) bond motifs is 1. The summed E-state index contributed by atoms with van der Waals surface area (Å²) in [5.74, 6) is -0.586.